The number of nitrogens with zero attached hydrogens (tertiary/aromatic N) is 6. The van der Waals surface area contributed by atoms with E-state index in [2.05, 4.69) is 61.1 Å². The maximum absolute atomic E-state index is 15.7. The Kier molecular flexibility index (Phi) is 13.8. The molecule has 8 rings (SSSR count). The number of benzene rings is 2. The number of rotatable bonds is 10. The van der Waals surface area contributed by atoms with Gasteiger partial charge in [0.1, 0.15) is 17.0 Å². The van der Waals surface area contributed by atoms with E-state index in [0.717, 1.165) is 47.0 Å². The van der Waals surface area contributed by atoms with E-state index in [1.165, 1.54) is 12.4 Å². The number of H-pyrrole nitrogens is 2. The number of carbonyl (C=O) groups excluding carboxylic acids is 2. The monoisotopic (exact) mass is 854 g/mol. The molecule has 0 spiro atoms. The molecular formula is C43H55FN12O6. The van der Waals surface area contributed by atoms with Crippen molar-refractivity contribution >= 4 is 46.0 Å². The van der Waals surface area contributed by atoms with Crippen LogP contribution in [-0.4, -0.2) is 88.5 Å². The maximum atomic E-state index is 15.7. The Labute approximate surface area is 358 Å². The van der Waals surface area contributed by atoms with Gasteiger partial charge in [-0.25, -0.2) is 43.9 Å². The van der Waals surface area contributed by atoms with Crippen molar-refractivity contribution in [3.63, 3.8) is 0 Å². The highest BCUT2D eigenvalue weighted by atomic mass is 19.1. The van der Waals surface area contributed by atoms with Gasteiger partial charge in [-0.3, -0.25) is 10.6 Å². The lowest BCUT2D eigenvalue weighted by Crippen LogP contribution is -2.28. The molecule has 0 aliphatic carbocycles. The van der Waals surface area contributed by atoms with Gasteiger partial charge in [0.05, 0.1) is 34.3 Å². The molecule has 2 aliphatic rings. The van der Waals surface area contributed by atoms with Gasteiger partial charge in [-0.15, -0.1) is 0 Å². The quantitative estimate of drug-likeness (QED) is 0.0678. The minimum atomic E-state index is -1.20. The normalized spacial score (nSPS) is 16.4. The molecule has 62 heavy (non-hydrogen) atoms. The van der Waals surface area contributed by atoms with E-state index in [-0.39, 0.29) is 36.9 Å². The average molecular weight is 855 g/mol. The van der Waals surface area contributed by atoms with Crippen LogP contribution in [0.3, 0.4) is 0 Å². The molecule has 2 unspecified atom stereocenters. The number of hydrogen-bond acceptors (Lipinski definition) is 12. The number of urea groups is 2. The van der Waals surface area contributed by atoms with Gasteiger partial charge in [0.15, 0.2) is 11.6 Å². The summed E-state index contributed by atoms with van der Waals surface area (Å²) in [4.78, 5) is 56.0. The van der Waals surface area contributed by atoms with Gasteiger partial charge in [0.25, 0.3) is 0 Å². The van der Waals surface area contributed by atoms with Crippen LogP contribution >= 0.6 is 0 Å². The number of nitrogens with one attached hydrogen (secondary N) is 6. The molecule has 6 aromatic rings. The zero-order chi connectivity index (χ0) is 43.5. The van der Waals surface area contributed by atoms with Gasteiger partial charge in [0.2, 0.25) is 11.9 Å². The Morgan fingerprint density at radius 3 is 1.69 bits per heavy atom. The third-order valence-electron chi connectivity index (χ3n) is 10.1. The van der Waals surface area contributed by atoms with E-state index in [1.807, 2.05) is 19.1 Å². The van der Waals surface area contributed by atoms with Crippen LogP contribution in [0.2, 0.25) is 0 Å². The summed E-state index contributed by atoms with van der Waals surface area (Å²) in [6.07, 6.45) is 9.29. The van der Waals surface area contributed by atoms with Crippen LogP contribution in [0, 0.1) is 5.82 Å². The second-order valence-corrected chi connectivity index (χ2v) is 15.9. The summed E-state index contributed by atoms with van der Waals surface area (Å²) < 4.78 is 27.4. The molecule has 2 fully saturated rings. The Morgan fingerprint density at radius 1 is 0.726 bits per heavy atom. The van der Waals surface area contributed by atoms with Gasteiger partial charge >= 0.3 is 12.1 Å². The van der Waals surface area contributed by atoms with Crippen molar-refractivity contribution in [1.82, 2.24) is 50.5 Å². The summed E-state index contributed by atoms with van der Waals surface area (Å²) in [5.74, 6) is 0.732. The topological polar surface area (TPSA) is 250 Å². The highest BCUT2D eigenvalue weighted by Crippen LogP contribution is 2.40. The van der Waals surface area contributed by atoms with Gasteiger partial charge in [-0.05, 0) is 91.0 Å². The summed E-state index contributed by atoms with van der Waals surface area (Å²) in [7, 11) is 0. The third kappa shape index (κ3) is 10.1. The van der Waals surface area contributed by atoms with Crippen LogP contribution in [0.5, 0.6) is 0 Å². The Bertz CT molecular complexity index is 2500. The number of halogens is 1. The van der Waals surface area contributed by atoms with Crippen LogP contribution < -0.4 is 21.3 Å². The van der Waals surface area contributed by atoms with Crippen molar-refractivity contribution < 1.29 is 33.7 Å². The standard InChI is InChI=1S/C21H25FN6O3.C21H26N6O3.CH4/c1-4-23-20(29)28-19-26-13-8-12(11-9-24-18(25-10-11)21(2,3)30)16(22)15(17(13)27-19)14-6-5-7-31-14;1-4-22-20(28)27-19-25-15-9-12(13-10-23-18(24-11-13)21(2,3)29)8-14(17(15)26-19)16-6-5-7-30-16;/h8-10,14,30H,4-7H2,1-3H3,(H3,23,26,27,28,29);8-11,16,29H,4-7H2,1-3H3,(H3,22,25,26,27,28);1H4. The first-order valence-electron chi connectivity index (χ1n) is 20.3. The largest absolute Gasteiger partial charge is 0.382 e. The summed E-state index contributed by atoms with van der Waals surface area (Å²) in [6, 6.07) is 4.88. The molecule has 6 heterocycles. The molecule has 4 amide bonds. The number of fused-ring (bicyclic) bond motifs is 2. The van der Waals surface area contributed by atoms with Gasteiger partial charge in [-0.1, -0.05) is 7.43 Å². The van der Waals surface area contributed by atoms with Crippen molar-refractivity contribution in [3.8, 4) is 22.3 Å². The molecule has 8 N–H and O–H groups in total. The molecule has 2 aromatic carbocycles. The molecule has 2 saturated heterocycles. The molecule has 2 aliphatic heterocycles. The molecule has 19 heteroatoms. The minimum absolute atomic E-state index is 0. The number of aromatic nitrogens is 8. The van der Waals surface area contributed by atoms with Crippen LogP contribution in [-0.2, 0) is 20.7 Å². The van der Waals surface area contributed by atoms with Crippen LogP contribution in [0.1, 0.15) is 110 Å². The Hall–Kier alpha value is -6.15. The SMILES string of the molecule is C.CCNC(=O)Nc1nc2c(C3CCCO3)c(F)c(-c3cnc(C(C)(C)O)nc3)cc2[nH]1.CCNC(=O)Nc1nc2c(C3CCCO3)cc(-c3cnc(C(C)(C)O)nc3)cc2[nH]1. The number of aliphatic hydroxyl groups is 2. The van der Waals surface area contributed by atoms with E-state index in [9.17, 15) is 19.8 Å². The molecule has 0 radical (unpaired) electrons. The smallest absolute Gasteiger partial charge is 0.321 e. The fraction of sp³-hybridized carbons (Fsp3) is 0.442. The van der Waals surface area contributed by atoms with Gasteiger partial charge in [0, 0.05) is 78.9 Å². The molecular weight excluding hydrogens is 800 g/mol. The summed E-state index contributed by atoms with van der Waals surface area (Å²) in [5, 5.41) is 30.8. The van der Waals surface area contributed by atoms with Crippen molar-refractivity contribution in [1.29, 1.82) is 0 Å². The summed E-state index contributed by atoms with van der Waals surface area (Å²) in [6.45, 7) is 12.4. The molecule has 18 nitrogen and oxygen atoms in total. The lowest BCUT2D eigenvalue weighted by molar-refractivity contribution is 0.0682. The Morgan fingerprint density at radius 2 is 1.21 bits per heavy atom. The maximum Gasteiger partial charge on any atom is 0.321 e. The first-order chi connectivity index (χ1) is 29.1. The van der Waals surface area contributed by atoms with E-state index in [0.29, 0.717) is 66.7 Å². The lowest BCUT2D eigenvalue weighted by Gasteiger charge is -2.16. The van der Waals surface area contributed by atoms with Crippen LogP contribution in [0.4, 0.5) is 25.9 Å². The average Bonchev–Trinajstić information content (AvgIpc) is 4.06. The first-order valence-corrected chi connectivity index (χ1v) is 20.3. The van der Waals surface area contributed by atoms with Crippen molar-refractivity contribution in [2.75, 3.05) is 36.9 Å². The molecule has 2 atom stereocenters. The number of imidazole rings is 2. The number of hydrogen-bond donors (Lipinski definition) is 8. The van der Waals surface area contributed by atoms with Crippen LogP contribution in [0.15, 0.2) is 43.0 Å². The lowest BCUT2D eigenvalue weighted by atomic mass is 9.98. The zero-order valence-electron chi connectivity index (χ0n) is 34.9. The first kappa shape index (κ1) is 45.4. The number of ether oxygens (including phenoxy) is 2. The zero-order valence-corrected chi connectivity index (χ0v) is 34.9. The van der Waals surface area contributed by atoms with E-state index >= 15 is 4.39 Å². The highest BCUT2D eigenvalue weighted by Gasteiger charge is 2.29. The fourth-order valence-electron chi connectivity index (χ4n) is 7.16. The van der Waals surface area contributed by atoms with Crippen molar-refractivity contribution in [2.45, 2.75) is 98.1 Å². The summed E-state index contributed by atoms with van der Waals surface area (Å²) in [5.41, 5.74) is 4.00. The molecule has 4 aromatic heterocycles. The van der Waals surface area contributed by atoms with Crippen molar-refractivity contribution in [2.24, 2.45) is 0 Å². The molecule has 0 bridgehead atoms. The predicted molar refractivity (Wildman–Crippen MR) is 233 cm³/mol. The molecule has 0 saturated carbocycles. The highest BCUT2D eigenvalue weighted by molar-refractivity contribution is 5.93. The number of carbonyl (C=O) groups is 2. The van der Waals surface area contributed by atoms with E-state index in [4.69, 9.17) is 9.47 Å². The minimum Gasteiger partial charge on any atom is -0.382 e. The molecule has 330 valence electrons. The Balaban J connectivity index is 0.000000204. The van der Waals surface area contributed by atoms with E-state index in [1.54, 1.807) is 53.1 Å². The number of amides is 4. The second kappa shape index (κ2) is 18.9. The van der Waals surface area contributed by atoms with E-state index < -0.39 is 29.2 Å². The van der Waals surface area contributed by atoms with Crippen LogP contribution in [0.25, 0.3) is 44.3 Å². The number of aromatic amines is 2. The fourth-order valence-corrected chi connectivity index (χ4v) is 7.16. The third-order valence-corrected chi connectivity index (χ3v) is 10.1. The van der Waals surface area contributed by atoms with Gasteiger partial charge < -0.3 is 40.3 Å². The second-order valence-electron chi connectivity index (χ2n) is 15.9. The number of anilines is 2. The van der Waals surface area contributed by atoms with Gasteiger partial charge in [-0.2, -0.15) is 0 Å². The van der Waals surface area contributed by atoms with Crippen molar-refractivity contribution in [3.05, 3.63) is 71.6 Å². The summed E-state index contributed by atoms with van der Waals surface area (Å²) >= 11 is 0. The predicted octanol–water partition coefficient (Wildman–Crippen LogP) is 7.26.